The van der Waals surface area contributed by atoms with E-state index in [1.54, 1.807) is 38.0 Å². The average Bonchev–Trinajstić information content (AvgIpc) is 2.85. The standard InChI is InChI=1S/C15H24N2O2/c1-8-9(2)11-7-10(8)12(14(18)16(3)4)13(11)15(19)17(5)6/h8-11H,7H2,1-6H3. The molecule has 0 aromatic carbocycles. The van der Waals surface area contributed by atoms with Crippen LogP contribution in [0.2, 0.25) is 0 Å². The van der Waals surface area contributed by atoms with Crippen LogP contribution in [0.4, 0.5) is 0 Å². The second-order valence-corrected chi connectivity index (χ2v) is 6.39. The molecule has 106 valence electrons. The molecule has 0 heterocycles. The molecule has 4 unspecified atom stereocenters. The summed E-state index contributed by atoms with van der Waals surface area (Å²) < 4.78 is 0. The minimum atomic E-state index is 0.0106. The van der Waals surface area contributed by atoms with Crippen LogP contribution in [0.5, 0.6) is 0 Å². The van der Waals surface area contributed by atoms with Gasteiger partial charge in [-0.25, -0.2) is 0 Å². The zero-order valence-electron chi connectivity index (χ0n) is 12.7. The van der Waals surface area contributed by atoms with Gasteiger partial charge >= 0.3 is 0 Å². The summed E-state index contributed by atoms with van der Waals surface area (Å²) in [6.45, 7) is 4.41. The first-order valence-corrected chi connectivity index (χ1v) is 6.94. The van der Waals surface area contributed by atoms with Crippen LogP contribution < -0.4 is 0 Å². The number of fused-ring (bicyclic) bond motifs is 2. The lowest BCUT2D eigenvalue weighted by Crippen LogP contribution is -2.36. The molecule has 0 N–H and O–H groups in total. The van der Waals surface area contributed by atoms with E-state index in [-0.39, 0.29) is 23.7 Å². The van der Waals surface area contributed by atoms with E-state index in [1.165, 1.54) is 0 Å². The molecular formula is C15H24N2O2. The molecule has 2 aliphatic rings. The van der Waals surface area contributed by atoms with E-state index in [2.05, 4.69) is 13.8 Å². The van der Waals surface area contributed by atoms with Crippen LogP contribution in [0.3, 0.4) is 0 Å². The number of hydrogen-bond donors (Lipinski definition) is 0. The third-order valence-electron chi connectivity index (χ3n) is 4.91. The lowest BCUT2D eigenvalue weighted by Gasteiger charge is -2.31. The summed E-state index contributed by atoms with van der Waals surface area (Å²) >= 11 is 0. The molecule has 0 saturated heterocycles. The zero-order chi connectivity index (χ0) is 14.5. The molecular weight excluding hydrogens is 240 g/mol. The lowest BCUT2D eigenvalue weighted by molar-refractivity contribution is -0.128. The van der Waals surface area contributed by atoms with Gasteiger partial charge in [0.05, 0.1) is 0 Å². The Morgan fingerprint density at radius 1 is 0.842 bits per heavy atom. The Hall–Kier alpha value is -1.32. The molecule has 2 amide bonds. The molecule has 2 aliphatic carbocycles. The van der Waals surface area contributed by atoms with Crippen molar-refractivity contribution in [1.29, 1.82) is 0 Å². The summed E-state index contributed by atoms with van der Waals surface area (Å²) in [5.41, 5.74) is 1.55. The van der Waals surface area contributed by atoms with E-state index in [0.29, 0.717) is 11.8 Å². The van der Waals surface area contributed by atoms with Crippen molar-refractivity contribution in [2.45, 2.75) is 20.3 Å². The molecule has 1 fully saturated rings. The quantitative estimate of drug-likeness (QED) is 0.756. The highest BCUT2D eigenvalue weighted by molar-refractivity contribution is 6.06. The maximum atomic E-state index is 12.4. The highest BCUT2D eigenvalue weighted by Crippen LogP contribution is 2.55. The zero-order valence-corrected chi connectivity index (χ0v) is 12.7. The first kappa shape index (κ1) is 14.1. The number of rotatable bonds is 2. The van der Waals surface area contributed by atoms with E-state index in [4.69, 9.17) is 0 Å². The Balaban J connectivity index is 2.50. The highest BCUT2D eigenvalue weighted by Gasteiger charge is 2.52. The summed E-state index contributed by atoms with van der Waals surface area (Å²) in [5.74, 6) is 1.51. The average molecular weight is 264 g/mol. The molecule has 0 aromatic heterocycles. The molecule has 4 heteroatoms. The first-order valence-electron chi connectivity index (χ1n) is 6.94. The van der Waals surface area contributed by atoms with Gasteiger partial charge < -0.3 is 9.80 Å². The Kier molecular flexibility index (Phi) is 3.45. The van der Waals surface area contributed by atoms with Gasteiger partial charge in [-0.3, -0.25) is 9.59 Å². The van der Waals surface area contributed by atoms with Gasteiger partial charge in [0, 0.05) is 39.3 Å². The van der Waals surface area contributed by atoms with Crippen LogP contribution in [0, 0.1) is 23.7 Å². The van der Waals surface area contributed by atoms with Crippen molar-refractivity contribution in [3.63, 3.8) is 0 Å². The lowest BCUT2D eigenvalue weighted by atomic mass is 9.77. The smallest absolute Gasteiger partial charge is 0.250 e. The summed E-state index contributed by atoms with van der Waals surface area (Å²) in [4.78, 5) is 28.0. The van der Waals surface area contributed by atoms with Crippen LogP contribution in [0.25, 0.3) is 0 Å². The predicted octanol–water partition coefficient (Wildman–Crippen LogP) is 1.38. The van der Waals surface area contributed by atoms with Gasteiger partial charge in [-0.2, -0.15) is 0 Å². The molecule has 4 nitrogen and oxygen atoms in total. The van der Waals surface area contributed by atoms with Crippen molar-refractivity contribution in [3.8, 4) is 0 Å². The number of carbonyl (C=O) groups excluding carboxylic acids is 2. The van der Waals surface area contributed by atoms with Crippen LogP contribution in [-0.2, 0) is 9.59 Å². The Bertz CT molecular complexity index is 411. The molecule has 1 saturated carbocycles. The SMILES string of the molecule is CC1C2CC(C(C(=O)N(C)C)=C2C(=O)N(C)C)C1C. The van der Waals surface area contributed by atoms with Crippen LogP contribution in [0.15, 0.2) is 11.1 Å². The molecule has 0 radical (unpaired) electrons. The predicted molar refractivity (Wildman–Crippen MR) is 74.3 cm³/mol. The number of hydrogen-bond acceptors (Lipinski definition) is 2. The van der Waals surface area contributed by atoms with Crippen molar-refractivity contribution >= 4 is 11.8 Å². The van der Waals surface area contributed by atoms with Crippen molar-refractivity contribution < 1.29 is 9.59 Å². The second-order valence-electron chi connectivity index (χ2n) is 6.39. The van der Waals surface area contributed by atoms with Crippen molar-refractivity contribution in [2.24, 2.45) is 23.7 Å². The van der Waals surface area contributed by atoms with Gasteiger partial charge in [0.25, 0.3) is 0 Å². The van der Waals surface area contributed by atoms with E-state index in [0.717, 1.165) is 17.6 Å². The topological polar surface area (TPSA) is 40.6 Å². The van der Waals surface area contributed by atoms with Crippen molar-refractivity contribution in [3.05, 3.63) is 11.1 Å². The molecule has 2 bridgehead atoms. The number of likely N-dealkylation sites (N-methyl/N-ethyl adjacent to an activating group) is 2. The fourth-order valence-electron chi connectivity index (χ4n) is 3.63. The Morgan fingerprint density at radius 2 is 1.16 bits per heavy atom. The maximum absolute atomic E-state index is 12.4. The summed E-state index contributed by atoms with van der Waals surface area (Å²) in [5, 5.41) is 0. The van der Waals surface area contributed by atoms with Gasteiger partial charge in [-0.1, -0.05) is 13.8 Å². The third kappa shape index (κ3) is 1.97. The van der Waals surface area contributed by atoms with E-state index < -0.39 is 0 Å². The van der Waals surface area contributed by atoms with Crippen LogP contribution in [0.1, 0.15) is 20.3 Å². The largest absolute Gasteiger partial charge is 0.345 e. The molecule has 0 aliphatic heterocycles. The van der Waals surface area contributed by atoms with Crippen molar-refractivity contribution in [2.75, 3.05) is 28.2 Å². The molecule has 0 aromatic rings. The van der Waals surface area contributed by atoms with E-state index >= 15 is 0 Å². The summed E-state index contributed by atoms with van der Waals surface area (Å²) in [6.07, 6.45) is 0.964. The summed E-state index contributed by atoms with van der Waals surface area (Å²) in [7, 11) is 7.03. The Morgan fingerprint density at radius 3 is 1.42 bits per heavy atom. The normalized spacial score (nSPS) is 32.7. The monoisotopic (exact) mass is 264 g/mol. The number of carbonyl (C=O) groups is 2. The number of nitrogens with zero attached hydrogens (tertiary/aromatic N) is 2. The molecule has 0 spiro atoms. The molecule has 19 heavy (non-hydrogen) atoms. The minimum Gasteiger partial charge on any atom is -0.345 e. The van der Waals surface area contributed by atoms with Gasteiger partial charge in [-0.15, -0.1) is 0 Å². The van der Waals surface area contributed by atoms with E-state index in [1.807, 2.05) is 0 Å². The third-order valence-corrected chi connectivity index (χ3v) is 4.91. The summed E-state index contributed by atoms with van der Waals surface area (Å²) in [6, 6.07) is 0. The molecule has 4 atom stereocenters. The van der Waals surface area contributed by atoms with Crippen molar-refractivity contribution in [1.82, 2.24) is 9.80 Å². The van der Waals surface area contributed by atoms with Gasteiger partial charge in [0.1, 0.15) is 0 Å². The Labute approximate surface area is 115 Å². The minimum absolute atomic E-state index is 0.0106. The fraction of sp³-hybridized carbons (Fsp3) is 0.733. The van der Waals surface area contributed by atoms with Crippen LogP contribution in [-0.4, -0.2) is 49.8 Å². The van der Waals surface area contributed by atoms with Crippen LogP contribution >= 0.6 is 0 Å². The van der Waals surface area contributed by atoms with Gasteiger partial charge in [0.15, 0.2) is 0 Å². The number of amides is 2. The van der Waals surface area contributed by atoms with Gasteiger partial charge in [-0.05, 0) is 30.1 Å². The van der Waals surface area contributed by atoms with E-state index in [9.17, 15) is 9.59 Å². The molecule has 2 rings (SSSR count). The maximum Gasteiger partial charge on any atom is 0.250 e. The highest BCUT2D eigenvalue weighted by atomic mass is 16.2. The van der Waals surface area contributed by atoms with Gasteiger partial charge in [0.2, 0.25) is 11.8 Å². The second kappa shape index (κ2) is 4.66. The fourth-order valence-corrected chi connectivity index (χ4v) is 3.63. The first-order chi connectivity index (χ1) is 8.77.